The van der Waals surface area contributed by atoms with Gasteiger partial charge in [-0.25, -0.2) is 4.39 Å². The van der Waals surface area contributed by atoms with E-state index in [9.17, 15) is 8.60 Å². The summed E-state index contributed by atoms with van der Waals surface area (Å²) in [5.41, 5.74) is 0. The van der Waals surface area contributed by atoms with Crippen LogP contribution in [-0.2, 0) is 10.8 Å². The molecule has 1 aromatic carbocycles. The molecule has 0 saturated carbocycles. The van der Waals surface area contributed by atoms with Crippen LogP contribution in [0, 0.1) is 17.1 Å². The molecular weight excluding hydrogens is 249 g/mol. The number of unbranched alkanes of at least 4 members (excludes halogenated alkanes) is 2. The van der Waals surface area contributed by atoms with E-state index in [1.54, 1.807) is 0 Å². The van der Waals surface area contributed by atoms with Crippen molar-refractivity contribution in [2.24, 2.45) is 0 Å². The minimum Gasteiger partial charge on any atom is -0.254 e. The van der Waals surface area contributed by atoms with Gasteiger partial charge in [-0.15, -0.1) is 0 Å². The zero-order valence-corrected chi connectivity index (χ0v) is 10.2. The second-order valence-electron chi connectivity index (χ2n) is 3.24. The molecule has 1 aromatic rings. The Balaban J connectivity index is 2.53. The molecule has 2 nitrogen and oxygen atoms in total. The van der Waals surface area contributed by atoms with Crippen molar-refractivity contribution >= 4 is 22.4 Å². The molecule has 0 aliphatic heterocycles. The zero-order chi connectivity index (χ0) is 12.0. The predicted octanol–water partition coefficient (Wildman–Crippen LogP) is 3.28. The van der Waals surface area contributed by atoms with E-state index in [4.69, 9.17) is 16.9 Å². The van der Waals surface area contributed by atoms with Crippen molar-refractivity contribution in [3.63, 3.8) is 0 Å². The minimum absolute atomic E-state index is 0.0112. The summed E-state index contributed by atoms with van der Waals surface area (Å²) in [5.74, 6) is -0.0317. The Kier molecular flexibility index (Phi) is 5.44. The van der Waals surface area contributed by atoms with Crippen molar-refractivity contribution in [1.29, 1.82) is 5.26 Å². The molecule has 16 heavy (non-hydrogen) atoms. The van der Waals surface area contributed by atoms with Gasteiger partial charge in [-0.3, -0.25) is 4.21 Å². The van der Waals surface area contributed by atoms with Crippen LogP contribution < -0.4 is 0 Å². The lowest BCUT2D eigenvalue weighted by Gasteiger charge is -2.02. The molecule has 1 unspecified atom stereocenters. The van der Waals surface area contributed by atoms with Crippen LogP contribution >= 0.6 is 11.6 Å². The molecule has 0 fully saturated rings. The number of nitrogens with zero attached hydrogens (tertiary/aromatic N) is 1. The second-order valence-corrected chi connectivity index (χ2v) is 5.22. The summed E-state index contributed by atoms with van der Waals surface area (Å²) in [5, 5.41) is 8.32. The molecule has 1 atom stereocenters. The highest BCUT2D eigenvalue weighted by atomic mass is 35.5. The first-order valence-corrected chi connectivity index (χ1v) is 6.55. The zero-order valence-electron chi connectivity index (χ0n) is 8.58. The van der Waals surface area contributed by atoms with Crippen LogP contribution in [0.2, 0.25) is 5.02 Å². The van der Waals surface area contributed by atoms with Crippen LogP contribution in [0.25, 0.3) is 0 Å². The van der Waals surface area contributed by atoms with E-state index in [0.717, 1.165) is 12.8 Å². The lowest BCUT2D eigenvalue weighted by Crippen LogP contribution is -1.98. The molecular formula is C11H11ClFNOS. The smallest absolute Gasteiger partial charge is 0.141 e. The molecule has 0 N–H and O–H groups in total. The van der Waals surface area contributed by atoms with Crippen molar-refractivity contribution in [2.75, 3.05) is 5.75 Å². The van der Waals surface area contributed by atoms with Gasteiger partial charge in [-0.05, 0) is 31.0 Å². The number of benzene rings is 1. The van der Waals surface area contributed by atoms with Crippen LogP contribution in [0.3, 0.4) is 0 Å². The Morgan fingerprint density at radius 2 is 2.19 bits per heavy atom. The van der Waals surface area contributed by atoms with E-state index in [1.165, 1.54) is 18.2 Å². The van der Waals surface area contributed by atoms with Gasteiger partial charge in [-0.2, -0.15) is 5.26 Å². The lowest BCUT2D eigenvalue weighted by molar-refractivity contribution is 0.626. The van der Waals surface area contributed by atoms with Gasteiger partial charge < -0.3 is 0 Å². The Morgan fingerprint density at radius 3 is 2.81 bits per heavy atom. The van der Waals surface area contributed by atoms with Gasteiger partial charge in [0.2, 0.25) is 0 Å². The highest BCUT2D eigenvalue weighted by molar-refractivity contribution is 7.85. The van der Waals surface area contributed by atoms with Gasteiger partial charge in [0.15, 0.2) is 0 Å². The summed E-state index contributed by atoms with van der Waals surface area (Å²) in [7, 11) is -1.17. The summed E-state index contributed by atoms with van der Waals surface area (Å²) in [6.45, 7) is 0. The van der Waals surface area contributed by atoms with E-state index in [1.807, 2.05) is 6.07 Å². The van der Waals surface area contributed by atoms with Crippen molar-refractivity contribution in [3.05, 3.63) is 29.0 Å². The fourth-order valence-corrected chi connectivity index (χ4v) is 2.59. The van der Waals surface area contributed by atoms with Crippen molar-refractivity contribution < 1.29 is 8.60 Å². The van der Waals surface area contributed by atoms with Crippen molar-refractivity contribution in [1.82, 2.24) is 0 Å². The Morgan fingerprint density at radius 1 is 1.44 bits per heavy atom. The van der Waals surface area contributed by atoms with Gasteiger partial charge in [0.1, 0.15) is 5.82 Å². The number of rotatable bonds is 5. The first-order valence-electron chi connectivity index (χ1n) is 4.85. The molecule has 0 aliphatic carbocycles. The van der Waals surface area contributed by atoms with E-state index >= 15 is 0 Å². The summed E-state index contributed by atoms with van der Waals surface area (Å²) in [6.07, 6.45) is 1.92. The SMILES string of the molecule is N#CCCCCS(=O)c1ccc(F)c(Cl)c1. The van der Waals surface area contributed by atoms with Gasteiger partial charge in [0.05, 0.1) is 21.9 Å². The minimum atomic E-state index is -1.17. The van der Waals surface area contributed by atoms with E-state index in [-0.39, 0.29) is 5.02 Å². The topological polar surface area (TPSA) is 40.9 Å². The average Bonchev–Trinajstić information content (AvgIpc) is 2.28. The monoisotopic (exact) mass is 259 g/mol. The van der Waals surface area contributed by atoms with Crippen molar-refractivity contribution in [3.8, 4) is 6.07 Å². The van der Waals surface area contributed by atoms with Gasteiger partial charge in [0, 0.05) is 17.1 Å². The second kappa shape index (κ2) is 6.62. The van der Waals surface area contributed by atoms with Crippen LogP contribution in [-0.4, -0.2) is 9.96 Å². The highest BCUT2D eigenvalue weighted by Crippen LogP contribution is 2.19. The molecule has 5 heteroatoms. The Bertz CT molecular complexity index is 430. The van der Waals surface area contributed by atoms with E-state index in [2.05, 4.69) is 0 Å². The molecule has 1 rings (SSSR count). The maximum atomic E-state index is 12.8. The summed E-state index contributed by atoms with van der Waals surface area (Å²) < 4.78 is 24.6. The highest BCUT2D eigenvalue weighted by Gasteiger charge is 2.06. The molecule has 0 aliphatic rings. The molecule has 0 aromatic heterocycles. The third-order valence-electron chi connectivity index (χ3n) is 2.02. The number of hydrogen-bond acceptors (Lipinski definition) is 2. The third kappa shape index (κ3) is 3.92. The van der Waals surface area contributed by atoms with Gasteiger partial charge >= 0.3 is 0 Å². The van der Waals surface area contributed by atoms with Crippen LogP contribution in [0.1, 0.15) is 19.3 Å². The average molecular weight is 260 g/mol. The Labute approximate surface area is 101 Å². The lowest BCUT2D eigenvalue weighted by atomic mass is 10.3. The standard InChI is InChI=1S/C11H11ClFNOS/c12-10-8-9(4-5-11(10)13)16(15)7-3-1-2-6-14/h4-5,8H,1-3,7H2. The predicted molar refractivity (Wildman–Crippen MR) is 62.1 cm³/mol. The summed E-state index contributed by atoms with van der Waals surface area (Å²) in [4.78, 5) is 0.531. The number of halogens is 2. The molecule has 0 saturated heterocycles. The molecule has 86 valence electrons. The largest absolute Gasteiger partial charge is 0.254 e. The van der Waals surface area contributed by atoms with Crippen LogP contribution in [0.15, 0.2) is 23.1 Å². The van der Waals surface area contributed by atoms with E-state index in [0.29, 0.717) is 17.1 Å². The van der Waals surface area contributed by atoms with Crippen LogP contribution in [0.4, 0.5) is 4.39 Å². The van der Waals surface area contributed by atoms with Gasteiger partial charge in [0.25, 0.3) is 0 Å². The first-order chi connectivity index (χ1) is 7.65. The maximum Gasteiger partial charge on any atom is 0.141 e. The fraction of sp³-hybridized carbons (Fsp3) is 0.364. The first kappa shape index (κ1) is 13.1. The van der Waals surface area contributed by atoms with Crippen LogP contribution in [0.5, 0.6) is 0 Å². The fourth-order valence-electron chi connectivity index (χ4n) is 1.17. The molecule has 0 heterocycles. The molecule has 0 amide bonds. The maximum absolute atomic E-state index is 12.8. The number of hydrogen-bond donors (Lipinski definition) is 0. The summed E-state index contributed by atoms with van der Waals surface area (Å²) >= 11 is 5.59. The number of nitriles is 1. The van der Waals surface area contributed by atoms with Gasteiger partial charge in [-0.1, -0.05) is 11.6 Å². The normalized spacial score (nSPS) is 12.1. The molecule has 0 bridgehead atoms. The Hall–Kier alpha value is -0.920. The quantitative estimate of drug-likeness (QED) is 0.762. The molecule has 0 spiro atoms. The molecule has 0 radical (unpaired) electrons. The summed E-state index contributed by atoms with van der Waals surface area (Å²) in [6, 6.07) is 6.10. The third-order valence-corrected chi connectivity index (χ3v) is 3.75. The van der Waals surface area contributed by atoms with E-state index < -0.39 is 16.6 Å². The van der Waals surface area contributed by atoms with Crippen molar-refractivity contribution in [2.45, 2.75) is 24.2 Å².